The Morgan fingerprint density at radius 3 is 2.44 bits per heavy atom. The van der Waals surface area contributed by atoms with E-state index < -0.39 is 6.04 Å². The van der Waals surface area contributed by atoms with Gasteiger partial charge in [-0.05, 0) is 31.6 Å². The minimum atomic E-state index is -0.431. The molecule has 0 aromatic rings. The van der Waals surface area contributed by atoms with E-state index in [2.05, 4.69) is 6.92 Å². The number of esters is 1. The average Bonchev–Trinajstić information content (AvgIpc) is 3.08. The first kappa shape index (κ1) is 20.2. The predicted octanol–water partition coefficient (Wildman–Crippen LogP) is 3.90. The fourth-order valence-corrected chi connectivity index (χ4v) is 3.91. The standard InChI is InChI=1S/C20H35NO4/c1-15(2)19(22)21-13-7-12-18(21)20(23)25-14-24-17-10-5-4-8-16(3)9-6-11-17/h15-18H,4-14H2,1-3H3/t16?,17?,18-/m0/s1. The van der Waals surface area contributed by atoms with Crippen molar-refractivity contribution in [2.75, 3.05) is 13.3 Å². The van der Waals surface area contributed by atoms with Crippen LogP contribution in [0.4, 0.5) is 0 Å². The molecule has 0 bridgehead atoms. The van der Waals surface area contributed by atoms with E-state index in [-0.39, 0.29) is 30.7 Å². The Bertz CT molecular complexity index is 437. The van der Waals surface area contributed by atoms with Crippen LogP contribution < -0.4 is 0 Å². The molecule has 0 N–H and O–H groups in total. The Morgan fingerprint density at radius 1 is 1.00 bits per heavy atom. The molecule has 1 heterocycles. The molecule has 5 nitrogen and oxygen atoms in total. The first-order valence-electron chi connectivity index (χ1n) is 10.1. The maximum atomic E-state index is 12.3. The van der Waals surface area contributed by atoms with Crippen LogP contribution in [-0.4, -0.2) is 42.3 Å². The number of ether oxygens (including phenoxy) is 2. The van der Waals surface area contributed by atoms with Crippen LogP contribution in [0.25, 0.3) is 0 Å². The summed E-state index contributed by atoms with van der Waals surface area (Å²) in [6.07, 6.45) is 10.0. The van der Waals surface area contributed by atoms with Gasteiger partial charge in [0.25, 0.3) is 0 Å². The van der Waals surface area contributed by atoms with Crippen LogP contribution in [0.2, 0.25) is 0 Å². The molecule has 1 aliphatic carbocycles. The van der Waals surface area contributed by atoms with Crippen molar-refractivity contribution < 1.29 is 19.1 Å². The van der Waals surface area contributed by atoms with Gasteiger partial charge in [-0.1, -0.05) is 52.9 Å². The zero-order valence-electron chi connectivity index (χ0n) is 16.2. The molecule has 1 saturated carbocycles. The average molecular weight is 354 g/mol. The minimum absolute atomic E-state index is 0.0132. The maximum absolute atomic E-state index is 12.3. The van der Waals surface area contributed by atoms with Gasteiger partial charge in [0.1, 0.15) is 6.04 Å². The Kier molecular flexibility index (Phi) is 8.20. The van der Waals surface area contributed by atoms with Gasteiger partial charge in [0, 0.05) is 12.5 Å². The number of amides is 1. The second kappa shape index (κ2) is 10.1. The number of rotatable bonds is 5. The summed E-state index contributed by atoms with van der Waals surface area (Å²) in [5.41, 5.74) is 0. The topological polar surface area (TPSA) is 55.8 Å². The first-order chi connectivity index (χ1) is 12.0. The molecule has 144 valence electrons. The minimum Gasteiger partial charge on any atom is -0.437 e. The molecule has 2 aliphatic rings. The van der Waals surface area contributed by atoms with Crippen molar-refractivity contribution >= 4 is 11.9 Å². The molecular formula is C20H35NO4. The fraction of sp³-hybridized carbons (Fsp3) is 0.900. The van der Waals surface area contributed by atoms with Gasteiger partial charge in [-0.15, -0.1) is 0 Å². The molecule has 1 saturated heterocycles. The number of nitrogens with zero attached hydrogens (tertiary/aromatic N) is 1. The lowest BCUT2D eigenvalue weighted by atomic mass is 9.99. The molecule has 2 fully saturated rings. The van der Waals surface area contributed by atoms with Gasteiger partial charge in [-0.25, -0.2) is 4.79 Å². The first-order valence-corrected chi connectivity index (χ1v) is 10.1. The number of hydrogen-bond acceptors (Lipinski definition) is 4. The third-order valence-electron chi connectivity index (χ3n) is 5.50. The van der Waals surface area contributed by atoms with Crippen molar-refractivity contribution in [3.05, 3.63) is 0 Å². The number of hydrogen-bond donors (Lipinski definition) is 0. The summed E-state index contributed by atoms with van der Waals surface area (Å²) >= 11 is 0. The van der Waals surface area contributed by atoms with Crippen molar-refractivity contribution in [3.63, 3.8) is 0 Å². The van der Waals surface area contributed by atoms with Gasteiger partial charge < -0.3 is 14.4 Å². The monoisotopic (exact) mass is 353 g/mol. The van der Waals surface area contributed by atoms with Crippen LogP contribution in [0, 0.1) is 11.8 Å². The Balaban J connectivity index is 1.74. The highest BCUT2D eigenvalue weighted by Gasteiger charge is 2.36. The molecule has 2 unspecified atom stereocenters. The largest absolute Gasteiger partial charge is 0.437 e. The molecule has 0 radical (unpaired) electrons. The van der Waals surface area contributed by atoms with Gasteiger partial charge in [-0.3, -0.25) is 4.79 Å². The molecule has 0 spiro atoms. The second-order valence-electron chi connectivity index (χ2n) is 8.03. The molecule has 2 rings (SSSR count). The summed E-state index contributed by atoms with van der Waals surface area (Å²) < 4.78 is 11.2. The highest BCUT2D eigenvalue weighted by molar-refractivity contribution is 5.86. The fourth-order valence-electron chi connectivity index (χ4n) is 3.91. The van der Waals surface area contributed by atoms with Gasteiger partial charge in [0.15, 0.2) is 6.79 Å². The van der Waals surface area contributed by atoms with Crippen LogP contribution in [0.1, 0.15) is 78.6 Å². The van der Waals surface area contributed by atoms with Gasteiger partial charge in [0.05, 0.1) is 6.10 Å². The SMILES string of the molecule is CC1CCCCC(OCOC(=O)[C@@H]2CCCN2C(=O)C(C)C)CCC1. The molecular weight excluding hydrogens is 318 g/mol. The number of carbonyl (C=O) groups excluding carboxylic acids is 2. The van der Waals surface area contributed by atoms with Crippen molar-refractivity contribution in [1.82, 2.24) is 4.90 Å². The van der Waals surface area contributed by atoms with Gasteiger partial charge in [0.2, 0.25) is 5.91 Å². The molecule has 3 atom stereocenters. The molecule has 0 aromatic heterocycles. The Labute approximate surface area is 152 Å². The quantitative estimate of drug-likeness (QED) is 0.556. The summed E-state index contributed by atoms with van der Waals surface area (Å²) in [5, 5.41) is 0. The van der Waals surface area contributed by atoms with Gasteiger partial charge >= 0.3 is 5.97 Å². The van der Waals surface area contributed by atoms with E-state index in [1.807, 2.05) is 13.8 Å². The maximum Gasteiger partial charge on any atom is 0.330 e. The molecule has 1 amide bonds. The molecule has 5 heteroatoms. The van der Waals surface area contributed by atoms with Crippen LogP contribution in [0.15, 0.2) is 0 Å². The van der Waals surface area contributed by atoms with E-state index in [0.717, 1.165) is 25.2 Å². The van der Waals surface area contributed by atoms with E-state index in [1.54, 1.807) is 4.90 Å². The van der Waals surface area contributed by atoms with E-state index in [0.29, 0.717) is 13.0 Å². The summed E-state index contributed by atoms with van der Waals surface area (Å²) in [6, 6.07) is -0.431. The normalized spacial score (nSPS) is 28.3. The van der Waals surface area contributed by atoms with E-state index in [1.165, 1.54) is 32.1 Å². The lowest BCUT2D eigenvalue weighted by Gasteiger charge is -2.25. The smallest absolute Gasteiger partial charge is 0.330 e. The number of likely N-dealkylation sites (tertiary alicyclic amines) is 1. The number of carbonyl (C=O) groups is 2. The van der Waals surface area contributed by atoms with Gasteiger partial charge in [-0.2, -0.15) is 0 Å². The zero-order valence-corrected chi connectivity index (χ0v) is 16.2. The highest BCUT2D eigenvalue weighted by Crippen LogP contribution is 2.24. The van der Waals surface area contributed by atoms with Crippen molar-refractivity contribution in [2.45, 2.75) is 90.7 Å². The third kappa shape index (κ3) is 6.28. The summed E-state index contributed by atoms with van der Waals surface area (Å²) in [4.78, 5) is 26.2. The zero-order chi connectivity index (χ0) is 18.2. The molecule has 25 heavy (non-hydrogen) atoms. The summed E-state index contributed by atoms with van der Waals surface area (Å²) in [5.74, 6) is 0.434. The Morgan fingerprint density at radius 2 is 1.68 bits per heavy atom. The van der Waals surface area contributed by atoms with Crippen molar-refractivity contribution in [3.8, 4) is 0 Å². The summed E-state index contributed by atoms with van der Waals surface area (Å²) in [7, 11) is 0. The van der Waals surface area contributed by atoms with E-state index in [4.69, 9.17) is 9.47 Å². The highest BCUT2D eigenvalue weighted by atomic mass is 16.7. The lowest BCUT2D eigenvalue weighted by Crippen LogP contribution is -2.43. The van der Waals surface area contributed by atoms with Crippen LogP contribution >= 0.6 is 0 Å². The molecule has 1 aliphatic heterocycles. The van der Waals surface area contributed by atoms with E-state index >= 15 is 0 Å². The predicted molar refractivity (Wildman–Crippen MR) is 96.9 cm³/mol. The lowest BCUT2D eigenvalue weighted by molar-refractivity contribution is -0.169. The van der Waals surface area contributed by atoms with Crippen LogP contribution in [0.5, 0.6) is 0 Å². The van der Waals surface area contributed by atoms with Crippen molar-refractivity contribution in [2.24, 2.45) is 11.8 Å². The van der Waals surface area contributed by atoms with Crippen LogP contribution in [0.3, 0.4) is 0 Å². The Hall–Kier alpha value is -1.10. The van der Waals surface area contributed by atoms with Crippen molar-refractivity contribution in [1.29, 1.82) is 0 Å². The van der Waals surface area contributed by atoms with Crippen LogP contribution in [-0.2, 0) is 19.1 Å². The van der Waals surface area contributed by atoms with E-state index in [9.17, 15) is 9.59 Å². The summed E-state index contributed by atoms with van der Waals surface area (Å²) in [6.45, 7) is 6.72. The second-order valence-corrected chi connectivity index (χ2v) is 8.03. The third-order valence-corrected chi connectivity index (χ3v) is 5.50. The molecule has 0 aromatic carbocycles.